The summed E-state index contributed by atoms with van der Waals surface area (Å²) in [7, 11) is 0. The maximum Gasteiger partial charge on any atom is 0.258 e. The zero-order chi connectivity index (χ0) is 16.7. The Labute approximate surface area is 142 Å². The highest BCUT2D eigenvalue weighted by molar-refractivity contribution is 6.32. The second-order valence-electron chi connectivity index (χ2n) is 5.56. The van der Waals surface area contributed by atoms with Gasteiger partial charge in [0.25, 0.3) is 5.91 Å². The molecular weight excluding hydrogens is 310 g/mol. The Morgan fingerprint density at radius 3 is 2.57 bits per heavy atom. The Bertz CT molecular complexity index is 643. The van der Waals surface area contributed by atoms with Gasteiger partial charge in [-0.25, -0.2) is 0 Å². The summed E-state index contributed by atoms with van der Waals surface area (Å²) in [6.07, 6.45) is 1.99. The predicted molar refractivity (Wildman–Crippen MR) is 94.9 cm³/mol. The van der Waals surface area contributed by atoms with Crippen LogP contribution in [0.2, 0.25) is 5.02 Å². The molecule has 4 heteroatoms. The van der Waals surface area contributed by atoms with Crippen molar-refractivity contribution in [2.75, 3.05) is 6.61 Å². The van der Waals surface area contributed by atoms with Gasteiger partial charge in [-0.05, 0) is 36.6 Å². The molecule has 23 heavy (non-hydrogen) atoms. The molecular formula is C19H22ClNO2. The molecule has 0 aliphatic rings. The third-order valence-corrected chi connectivity index (χ3v) is 3.82. The van der Waals surface area contributed by atoms with E-state index in [4.69, 9.17) is 16.3 Å². The third-order valence-electron chi connectivity index (χ3n) is 3.53. The van der Waals surface area contributed by atoms with Crippen molar-refractivity contribution in [3.63, 3.8) is 0 Å². The van der Waals surface area contributed by atoms with Crippen LogP contribution in [-0.2, 0) is 4.79 Å². The number of hydrogen-bond donors (Lipinski definition) is 1. The summed E-state index contributed by atoms with van der Waals surface area (Å²) in [5, 5.41) is 3.40. The van der Waals surface area contributed by atoms with Gasteiger partial charge >= 0.3 is 0 Å². The zero-order valence-electron chi connectivity index (χ0n) is 13.5. The van der Waals surface area contributed by atoms with Crippen LogP contribution < -0.4 is 10.1 Å². The largest absolute Gasteiger partial charge is 0.482 e. The highest BCUT2D eigenvalue weighted by Gasteiger charge is 2.09. The molecule has 0 aliphatic heterocycles. The normalized spacial score (nSPS) is 11.8. The molecule has 2 aromatic rings. The van der Waals surface area contributed by atoms with E-state index in [0.717, 1.165) is 24.0 Å². The lowest BCUT2D eigenvalue weighted by atomic mass is 10.1. The van der Waals surface area contributed by atoms with Gasteiger partial charge < -0.3 is 10.1 Å². The second-order valence-corrected chi connectivity index (χ2v) is 5.96. The molecule has 0 unspecified atom stereocenters. The van der Waals surface area contributed by atoms with Crippen molar-refractivity contribution in [2.24, 2.45) is 0 Å². The minimum absolute atomic E-state index is 0.0293. The molecule has 2 rings (SSSR count). The highest BCUT2D eigenvalue weighted by atomic mass is 35.5. The molecule has 0 aliphatic carbocycles. The van der Waals surface area contributed by atoms with Gasteiger partial charge in [0.15, 0.2) is 6.61 Å². The fourth-order valence-corrected chi connectivity index (χ4v) is 2.63. The monoisotopic (exact) mass is 331 g/mol. The topological polar surface area (TPSA) is 38.3 Å². The lowest BCUT2D eigenvalue weighted by Crippen LogP contribution is -2.35. The Hall–Kier alpha value is -2.00. The molecule has 0 saturated heterocycles. The Balaban J connectivity index is 1.95. The third kappa shape index (κ3) is 5.29. The zero-order valence-corrected chi connectivity index (χ0v) is 14.3. The molecule has 0 aromatic heterocycles. The molecule has 1 N–H and O–H groups in total. The van der Waals surface area contributed by atoms with Gasteiger partial charge in [-0.1, -0.05) is 61.3 Å². The van der Waals surface area contributed by atoms with Gasteiger partial charge in [0.05, 0.1) is 5.02 Å². The van der Waals surface area contributed by atoms with E-state index in [1.54, 1.807) is 6.07 Å². The molecule has 0 fully saturated rings. The number of amides is 1. The van der Waals surface area contributed by atoms with Gasteiger partial charge in [0.1, 0.15) is 5.75 Å². The van der Waals surface area contributed by atoms with Crippen molar-refractivity contribution < 1.29 is 9.53 Å². The summed E-state index contributed by atoms with van der Waals surface area (Å²) in [6, 6.07) is 15.7. The molecule has 1 amide bonds. The number of rotatable bonds is 7. The first-order valence-electron chi connectivity index (χ1n) is 7.87. The number of halogens is 1. The van der Waals surface area contributed by atoms with E-state index >= 15 is 0 Å². The average molecular weight is 332 g/mol. The summed E-state index contributed by atoms with van der Waals surface area (Å²) in [5.74, 6) is 0.388. The van der Waals surface area contributed by atoms with E-state index in [1.807, 2.05) is 49.4 Å². The van der Waals surface area contributed by atoms with Crippen LogP contribution in [-0.4, -0.2) is 18.6 Å². The first-order valence-corrected chi connectivity index (χ1v) is 8.25. The molecule has 0 saturated carbocycles. The maximum absolute atomic E-state index is 11.8. The van der Waals surface area contributed by atoms with E-state index in [-0.39, 0.29) is 18.6 Å². The molecule has 122 valence electrons. The van der Waals surface area contributed by atoms with Crippen LogP contribution in [0.3, 0.4) is 0 Å². The Morgan fingerprint density at radius 1 is 1.17 bits per heavy atom. The van der Waals surface area contributed by atoms with E-state index in [0.29, 0.717) is 10.8 Å². The molecule has 2 aromatic carbocycles. The number of carbonyl (C=O) groups excluding carboxylic acids is 1. The van der Waals surface area contributed by atoms with Crippen molar-refractivity contribution in [3.8, 4) is 16.9 Å². The summed E-state index contributed by atoms with van der Waals surface area (Å²) >= 11 is 6.26. The minimum Gasteiger partial charge on any atom is -0.482 e. The minimum atomic E-state index is -0.130. The van der Waals surface area contributed by atoms with Crippen molar-refractivity contribution >= 4 is 17.5 Å². The van der Waals surface area contributed by atoms with E-state index in [9.17, 15) is 4.79 Å². The van der Waals surface area contributed by atoms with Crippen molar-refractivity contribution in [2.45, 2.75) is 32.7 Å². The van der Waals surface area contributed by atoms with Gasteiger partial charge in [-0.2, -0.15) is 0 Å². The number of nitrogens with one attached hydrogen (secondary N) is 1. The van der Waals surface area contributed by atoms with Crippen molar-refractivity contribution in [3.05, 3.63) is 53.6 Å². The number of ether oxygens (including phenoxy) is 1. The van der Waals surface area contributed by atoms with Crippen molar-refractivity contribution in [1.29, 1.82) is 0 Å². The molecule has 0 bridgehead atoms. The van der Waals surface area contributed by atoms with Gasteiger partial charge in [-0.3, -0.25) is 4.79 Å². The first kappa shape index (κ1) is 17.4. The van der Waals surface area contributed by atoms with Crippen LogP contribution in [0.4, 0.5) is 0 Å². The smallest absolute Gasteiger partial charge is 0.258 e. The molecule has 1 atom stereocenters. The molecule has 3 nitrogen and oxygen atoms in total. The summed E-state index contributed by atoms with van der Waals surface area (Å²) in [5.41, 5.74) is 2.11. The van der Waals surface area contributed by atoms with E-state index in [1.165, 1.54) is 0 Å². The molecule has 0 spiro atoms. The van der Waals surface area contributed by atoms with Gasteiger partial charge in [0, 0.05) is 6.04 Å². The van der Waals surface area contributed by atoms with E-state index in [2.05, 4.69) is 12.2 Å². The van der Waals surface area contributed by atoms with Crippen LogP contribution in [0, 0.1) is 0 Å². The molecule has 0 radical (unpaired) electrons. The molecule has 0 heterocycles. The Kier molecular flexibility index (Phi) is 6.48. The fraction of sp³-hybridized carbons (Fsp3) is 0.316. The second kappa shape index (κ2) is 8.59. The lowest BCUT2D eigenvalue weighted by Gasteiger charge is -2.14. The van der Waals surface area contributed by atoms with Crippen LogP contribution in [0.5, 0.6) is 5.75 Å². The SMILES string of the molecule is CCC[C@H](C)NC(=O)COc1ccc(-c2ccccc2)cc1Cl. The van der Waals surface area contributed by atoms with Crippen LogP contribution >= 0.6 is 11.6 Å². The average Bonchev–Trinajstić information content (AvgIpc) is 2.54. The van der Waals surface area contributed by atoms with E-state index < -0.39 is 0 Å². The summed E-state index contributed by atoms with van der Waals surface area (Å²) < 4.78 is 5.52. The number of benzene rings is 2. The first-order chi connectivity index (χ1) is 11.1. The van der Waals surface area contributed by atoms with Gasteiger partial charge in [0.2, 0.25) is 0 Å². The Morgan fingerprint density at radius 2 is 1.91 bits per heavy atom. The van der Waals surface area contributed by atoms with Crippen LogP contribution in [0.1, 0.15) is 26.7 Å². The quantitative estimate of drug-likeness (QED) is 0.799. The van der Waals surface area contributed by atoms with Crippen LogP contribution in [0.15, 0.2) is 48.5 Å². The predicted octanol–water partition coefficient (Wildman–Crippen LogP) is 4.69. The fourth-order valence-electron chi connectivity index (χ4n) is 2.39. The van der Waals surface area contributed by atoms with Gasteiger partial charge in [-0.15, -0.1) is 0 Å². The summed E-state index contributed by atoms with van der Waals surface area (Å²) in [4.78, 5) is 11.8. The number of hydrogen-bond acceptors (Lipinski definition) is 2. The van der Waals surface area contributed by atoms with Crippen molar-refractivity contribution in [1.82, 2.24) is 5.32 Å². The van der Waals surface area contributed by atoms with Crippen LogP contribution in [0.25, 0.3) is 11.1 Å². The summed E-state index contributed by atoms with van der Waals surface area (Å²) in [6.45, 7) is 4.05. The number of carbonyl (C=O) groups is 1. The standard InChI is InChI=1S/C19H22ClNO2/c1-3-7-14(2)21-19(22)13-23-18-11-10-16(12-17(18)20)15-8-5-4-6-9-15/h4-6,8-12,14H,3,7,13H2,1-2H3,(H,21,22)/t14-/m0/s1. The highest BCUT2D eigenvalue weighted by Crippen LogP contribution is 2.30. The lowest BCUT2D eigenvalue weighted by molar-refractivity contribution is -0.123. The maximum atomic E-state index is 11.8.